The molecule has 1 saturated heterocycles. The number of hydrogen-bond acceptors (Lipinski definition) is 7. The van der Waals surface area contributed by atoms with E-state index in [2.05, 4.69) is 21.4 Å². The van der Waals surface area contributed by atoms with Crippen molar-refractivity contribution >= 4 is 46.1 Å². The summed E-state index contributed by atoms with van der Waals surface area (Å²) in [6.45, 7) is 5.20. The van der Waals surface area contributed by atoms with Crippen LogP contribution in [0.1, 0.15) is 24.9 Å². The molecular weight excluding hydrogens is 410 g/mol. The minimum Gasteiger partial charge on any atom is -0.378 e. The maximum absolute atomic E-state index is 12.8. The van der Waals surface area contributed by atoms with Gasteiger partial charge in [0, 0.05) is 42.7 Å². The van der Waals surface area contributed by atoms with Gasteiger partial charge in [-0.3, -0.25) is 4.79 Å². The molecule has 0 aliphatic carbocycles. The number of morpholine rings is 1. The molecule has 0 bridgehead atoms. The molecule has 8 heteroatoms. The highest BCUT2D eigenvalue weighted by molar-refractivity contribution is 8.14. The van der Waals surface area contributed by atoms with Crippen LogP contribution in [0.25, 0.3) is 0 Å². The molecule has 0 aromatic heterocycles. The number of rotatable bonds is 4. The number of nitrogens with one attached hydrogen (secondary N) is 1. The number of nitrogens with zero attached hydrogens (tertiary/aromatic N) is 4. The van der Waals surface area contributed by atoms with Gasteiger partial charge in [0.1, 0.15) is 0 Å². The molecule has 2 aromatic rings. The molecule has 160 valence electrons. The van der Waals surface area contributed by atoms with Crippen molar-refractivity contribution in [1.29, 1.82) is 0 Å². The van der Waals surface area contributed by atoms with Crippen molar-refractivity contribution in [3.05, 3.63) is 54.1 Å². The Morgan fingerprint density at radius 1 is 1.16 bits per heavy atom. The van der Waals surface area contributed by atoms with E-state index in [1.54, 1.807) is 0 Å². The number of thioether (sulfide) groups is 1. The molecule has 0 unspecified atom stereocenters. The van der Waals surface area contributed by atoms with E-state index in [9.17, 15) is 4.79 Å². The van der Waals surface area contributed by atoms with Gasteiger partial charge in [-0.15, -0.1) is 0 Å². The quantitative estimate of drug-likeness (QED) is 0.786. The maximum atomic E-state index is 12.8. The van der Waals surface area contributed by atoms with E-state index in [1.165, 1.54) is 17.3 Å². The van der Waals surface area contributed by atoms with Gasteiger partial charge in [0.05, 0.1) is 30.2 Å². The summed E-state index contributed by atoms with van der Waals surface area (Å²) in [5.41, 5.74) is 4.09. The van der Waals surface area contributed by atoms with Crippen LogP contribution < -0.4 is 10.2 Å². The van der Waals surface area contributed by atoms with Crippen molar-refractivity contribution in [2.24, 2.45) is 10.1 Å². The van der Waals surface area contributed by atoms with E-state index < -0.39 is 0 Å². The Morgan fingerprint density at radius 3 is 2.74 bits per heavy atom. The van der Waals surface area contributed by atoms with Gasteiger partial charge < -0.3 is 15.0 Å². The van der Waals surface area contributed by atoms with Crippen LogP contribution in [0.5, 0.6) is 0 Å². The number of para-hydroxylation sites is 1. The molecule has 5 rings (SSSR count). The van der Waals surface area contributed by atoms with Crippen molar-refractivity contribution in [2.45, 2.75) is 24.6 Å². The monoisotopic (exact) mass is 435 g/mol. The van der Waals surface area contributed by atoms with Gasteiger partial charge in [0.25, 0.3) is 0 Å². The first kappa shape index (κ1) is 20.1. The van der Waals surface area contributed by atoms with Crippen molar-refractivity contribution in [2.75, 3.05) is 36.5 Å². The normalized spacial score (nSPS) is 20.7. The molecule has 2 atom stereocenters. The molecule has 3 aliphatic heterocycles. The van der Waals surface area contributed by atoms with Crippen LogP contribution in [0.15, 0.2) is 58.6 Å². The van der Waals surface area contributed by atoms with Crippen LogP contribution in [-0.2, 0) is 9.53 Å². The topological polar surface area (TPSA) is 69.5 Å². The lowest BCUT2D eigenvalue weighted by Crippen LogP contribution is -2.36. The highest BCUT2D eigenvalue weighted by Crippen LogP contribution is 2.41. The van der Waals surface area contributed by atoms with E-state index in [-0.39, 0.29) is 17.2 Å². The largest absolute Gasteiger partial charge is 0.378 e. The zero-order chi connectivity index (χ0) is 21.2. The second kappa shape index (κ2) is 8.72. The summed E-state index contributed by atoms with van der Waals surface area (Å²) >= 11 is 1.44. The molecule has 0 spiro atoms. The minimum atomic E-state index is -0.306. The Morgan fingerprint density at radius 2 is 1.94 bits per heavy atom. The molecule has 1 N–H and O–H groups in total. The molecule has 2 aromatic carbocycles. The number of amidine groups is 1. The second-order valence-electron chi connectivity index (χ2n) is 7.74. The van der Waals surface area contributed by atoms with E-state index >= 15 is 0 Å². The van der Waals surface area contributed by atoms with Gasteiger partial charge in [0.15, 0.2) is 5.17 Å². The van der Waals surface area contributed by atoms with Crippen molar-refractivity contribution in [3.63, 3.8) is 0 Å². The highest BCUT2D eigenvalue weighted by atomic mass is 32.2. The van der Waals surface area contributed by atoms with E-state index in [0.717, 1.165) is 55.0 Å². The zero-order valence-electron chi connectivity index (χ0n) is 17.4. The van der Waals surface area contributed by atoms with Crippen LogP contribution in [-0.4, -0.2) is 53.9 Å². The predicted octanol–water partition coefficient (Wildman–Crippen LogP) is 4.02. The third-order valence-electron chi connectivity index (χ3n) is 5.70. The Labute approximate surface area is 186 Å². The Hall–Kier alpha value is -2.84. The van der Waals surface area contributed by atoms with Crippen LogP contribution in [0.2, 0.25) is 0 Å². The fourth-order valence-corrected chi connectivity index (χ4v) is 4.91. The summed E-state index contributed by atoms with van der Waals surface area (Å²) in [6.07, 6.45) is 2.77. The molecule has 31 heavy (non-hydrogen) atoms. The predicted molar refractivity (Wildman–Crippen MR) is 126 cm³/mol. The summed E-state index contributed by atoms with van der Waals surface area (Å²) in [5.74, 6) is -0.0505. The van der Waals surface area contributed by atoms with Crippen molar-refractivity contribution < 1.29 is 9.53 Å². The fraction of sp³-hybridized carbons (Fsp3) is 0.348. The van der Waals surface area contributed by atoms with Gasteiger partial charge in [0.2, 0.25) is 5.91 Å². The summed E-state index contributed by atoms with van der Waals surface area (Å²) in [7, 11) is 0. The van der Waals surface area contributed by atoms with Crippen LogP contribution in [0.4, 0.5) is 17.1 Å². The summed E-state index contributed by atoms with van der Waals surface area (Å²) in [5, 5.41) is 9.92. The lowest BCUT2D eigenvalue weighted by atomic mass is 10.0. The lowest BCUT2D eigenvalue weighted by molar-refractivity contribution is -0.115. The summed E-state index contributed by atoms with van der Waals surface area (Å²) in [4.78, 5) is 19.9. The number of fused-ring (bicyclic) bond motifs is 3. The van der Waals surface area contributed by atoms with Crippen LogP contribution in [0, 0.1) is 0 Å². The molecule has 1 amide bonds. The number of aliphatic imine (C=N–C) groups is 1. The highest BCUT2D eigenvalue weighted by Gasteiger charge is 2.34. The SMILES string of the molecule is C[C@@H](SC1=Nc2ccccc2[C@@H]2CC=NN12)C(=O)Nc1ccc(N2CCOCC2)cc1. The Balaban J connectivity index is 1.24. The van der Waals surface area contributed by atoms with Crippen molar-refractivity contribution in [1.82, 2.24) is 5.01 Å². The molecule has 0 saturated carbocycles. The van der Waals surface area contributed by atoms with E-state index in [1.807, 2.05) is 60.6 Å². The van der Waals surface area contributed by atoms with Gasteiger partial charge in [-0.05, 0) is 37.3 Å². The smallest absolute Gasteiger partial charge is 0.237 e. The lowest BCUT2D eigenvalue weighted by Gasteiger charge is -2.30. The number of benzene rings is 2. The van der Waals surface area contributed by atoms with Gasteiger partial charge in [-0.1, -0.05) is 30.0 Å². The number of carbonyl (C=O) groups is 1. The molecule has 3 heterocycles. The van der Waals surface area contributed by atoms with Gasteiger partial charge in [-0.2, -0.15) is 5.10 Å². The molecular formula is C23H25N5O2S. The van der Waals surface area contributed by atoms with E-state index in [0.29, 0.717) is 0 Å². The number of amides is 1. The summed E-state index contributed by atoms with van der Waals surface area (Å²) < 4.78 is 5.41. The minimum absolute atomic E-state index is 0.0505. The molecule has 1 fully saturated rings. The zero-order valence-corrected chi connectivity index (χ0v) is 18.2. The van der Waals surface area contributed by atoms with E-state index in [4.69, 9.17) is 9.73 Å². The first-order chi connectivity index (χ1) is 15.2. The molecule has 3 aliphatic rings. The van der Waals surface area contributed by atoms with Gasteiger partial charge in [-0.25, -0.2) is 10.0 Å². The average molecular weight is 436 g/mol. The fourth-order valence-electron chi connectivity index (χ4n) is 4.00. The van der Waals surface area contributed by atoms with Crippen LogP contribution >= 0.6 is 11.8 Å². The third kappa shape index (κ3) is 4.18. The second-order valence-corrected chi connectivity index (χ2v) is 9.05. The Bertz CT molecular complexity index is 1020. The standard InChI is InChI=1S/C23H25N5O2S/c1-16(22(29)25-17-6-8-18(9-7-17)27-12-14-30-15-13-27)31-23-26-20-5-3-2-4-19(20)21-10-11-24-28(21)23/h2-9,11,16,21H,10,12-15H2,1H3,(H,25,29)/t16-,21+/m1/s1. The van der Waals surface area contributed by atoms with Gasteiger partial charge >= 0.3 is 0 Å². The summed E-state index contributed by atoms with van der Waals surface area (Å²) in [6, 6.07) is 16.3. The van der Waals surface area contributed by atoms with Crippen molar-refractivity contribution in [3.8, 4) is 0 Å². The van der Waals surface area contributed by atoms with Crippen LogP contribution in [0.3, 0.4) is 0 Å². The maximum Gasteiger partial charge on any atom is 0.237 e. The first-order valence-corrected chi connectivity index (χ1v) is 11.5. The number of ether oxygens (including phenoxy) is 1. The molecule has 7 nitrogen and oxygen atoms in total. The number of carbonyl (C=O) groups excluding carboxylic acids is 1. The average Bonchev–Trinajstić information content (AvgIpc) is 3.31. The third-order valence-corrected chi connectivity index (χ3v) is 6.76. The number of hydrogen-bond donors (Lipinski definition) is 1. The first-order valence-electron chi connectivity index (χ1n) is 10.6. The Kier molecular flexibility index (Phi) is 5.65. The number of anilines is 2. The molecule has 0 radical (unpaired) electrons. The number of hydrazone groups is 1.